The summed E-state index contributed by atoms with van der Waals surface area (Å²) in [5, 5.41) is 0. The largest absolute Gasteiger partial charge is 0.460 e. The van der Waals surface area contributed by atoms with Crippen molar-refractivity contribution in [3.63, 3.8) is 0 Å². The van der Waals surface area contributed by atoms with E-state index < -0.39 is 26.4 Å². The summed E-state index contributed by atoms with van der Waals surface area (Å²) < 4.78 is 45.6. The Morgan fingerprint density at radius 1 is 1.37 bits per heavy atom. The van der Waals surface area contributed by atoms with Crippen molar-refractivity contribution in [2.24, 2.45) is 0 Å². The predicted molar refractivity (Wildman–Crippen MR) is 66.3 cm³/mol. The molecule has 0 unspecified atom stereocenters. The van der Waals surface area contributed by atoms with Gasteiger partial charge < -0.3 is 9.47 Å². The number of benzene rings is 1. The first-order valence-corrected chi connectivity index (χ1v) is 7.49. The summed E-state index contributed by atoms with van der Waals surface area (Å²) in [6, 6.07) is 1.89. The van der Waals surface area contributed by atoms with Crippen LogP contribution in [-0.2, 0) is 18.5 Å². The standard InChI is InChI=1S/C11H12ClFO5S/c1-7-5-8(19(12,15)16)6-9(10(7)13)11(14)18-4-3-17-2/h5-6H,3-4H2,1-2H3. The molecule has 0 fully saturated rings. The van der Waals surface area contributed by atoms with Gasteiger partial charge in [0.15, 0.2) is 0 Å². The molecule has 0 aliphatic rings. The quantitative estimate of drug-likeness (QED) is 0.472. The van der Waals surface area contributed by atoms with Gasteiger partial charge in [-0.25, -0.2) is 17.6 Å². The van der Waals surface area contributed by atoms with Crippen LogP contribution in [0.2, 0.25) is 0 Å². The molecule has 0 spiro atoms. The van der Waals surface area contributed by atoms with Gasteiger partial charge >= 0.3 is 5.97 Å². The average Bonchev–Trinajstić information content (AvgIpc) is 2.31. The van der Waals surface area contributed by atoms with Crippen molar-refractivity contribution in [1.82, 2.24) is 0 Å². The highest BCUT2D eigenvalue weighted by Gasteiger charge is 2.21. The van der Waals surface area contributed by atoms with Gasteiger partial charge in [-0.15, -0.1) is 0 Å². The van der Waals surface area contributed by atoms with Gasteiger partial charge in [-0.3, -0.25) is 0 Å². The van der Waals surface area contributed by atoms with E-state index in [1.54, 1.807) is 0 Å². The molecule has 0 atom stereocenters. The zero-order valence-corrected chi connectivity index (χ0v) is 11.8. The molecule has 0 heterocycles. The van der Waals surface area contributed by atoms with Crippen molar-refractivity contribution in [1.29, 1.82) is 0 Å². The molecule has 0 saturated heterocycles. The van der Waals surface area contributed by atoms with E-state index in [-0.39, 0.29) is 23.7 Å². The van der Waals surface area contributed by atoms with Crippen molar-refractivity contribution in [2.75, 3.05) is 20.3 Å². The smallest absolute Gasteiger partial charge is 0.341 e. The van der Waals surface area contributed by atoms with E-state index in [0.717, 1.165) is 12.1 Å². The topological polar surface area (TPSA) is 69.7 Å². The Labute approximate surface area is 114 Å². The Morgan fingerprint density at radius 3 is 2.53 bits per heavy atom. The van der Waals surface area contributed by atoms with Crippen LogP contribution in [0.3, 0.4) is 0 Å². The summed E-state index contributed by atoms with van der Waals surface area (Å²) in [4.78, 5) is 11.3. The summed E-state index contributed by atoms with van der Waals surface area (Å²) in [5.74, 6) is -1.81. The van der Waals surface area contributed by atoms with Gasteiger partial charge in [0.1, 0.15) is 12.4 Å². The summed E-state index contributed by atoms with van der Waals surface area (Å²) >= 11 is 0. The second kappa shape index (κ2) is 6.31. The summed E-state index contributed by atoms with van der Waals surface area (Å²) in [6.45, 7) is 1.42. The van der Waals surface area contributed by atoms with Crippen molar-refractivity contribution >= 4 is 25.7 Å². The van der Waals surface area contributed by atoms with Crippen LogP contribution in [0.15, 0.2) is 17.0 Å². The minimum atomic E-state index is -4.05. The zero-order chi connectivity index (χ0) is 14.6. The van der Waals surface area contributed by atoms with E-state index in [1.165, 1.54) is 14.0 Å². The summed E-state index contributed by atoms with van der Waals surface area (Å²) in [7, 11) is 2.53. The molecule has 19 heavy (non-hydrogen) atoms. The lowest BCUT2D eigenvalue weighted by atomic mass is 10.1. The van der Waals surface area contributed by atoms with Gasteiger partial charge in [0.05, 0.1) is 17.1 Å². The fourth-order valence-corrected chi connectivity index (χ4v) is 2.16. The number of aryl methyl sites for hydroxylation is 1. The van der Waals surface area contributed by atoms with Crippen molar-refractivity contribution < 1.29 is 27.1 Å². The van der Waals surface area contributed by atoms with Gasteiger partial charge in [-0.2, -0.15) is 0 Å². The first kappa shape index (κ1) is 15.9. The van der Waals surface area contributed by atoms with Crippen LogP contribution in [0.1, 0.15) is 15.9 Å². The monoisotopic (exact) mass is 310 g/mol. The number of carbonyl (C=O) groups excluding carboxylic acids is 1. The van der Waals surface area contributed by atoms with E-state index in [1.807, 2.05) is 0 Å². The van der Waals surface area contributed by atoms with Crippen LogP contribution >= 0.6 is 10.7 Å². The van der Waals surface area contributed by atoms with E-state index in [4.69, 9.17) is 15.4 Å². The summed E-state index contributed by atoms with van der Waals surface area (Å²) in [6.07, 6.45) is 0. The van der Waals surface area contributed by atoms with Gasteiger partial charge in [0.2, 0.25) is 0 Å². The highest BCUT2D eigenvalue weighted by molar-refractivity contribution is 8.13. The number of hydrogen-bond acceptors (Lipinski definition) is 5. The average molecular weight is 311 g/mol. The molecule has 0 aliphatic heterocycles. The lowest BCUT2D eigenvalue weighted by Gasteiger charge is -2.08. The lowest BCUT2D eigenvalue weighted by molar-refractivity contribution is 0.0382. The predicted octanol–water partition coefficient (Wildman–Crippen LogP) is 1.86. The number of ether oxygens (including phenoxy) is 2. The van der Waals surface area contributed by atoms with Crippen molar-refractivity contribution in [3.05, 3.63) is 29.1 Å². The van der Waals surface area contributed by atoms with E-state index in [2.05, 4.69) is 4.74 Å². The first-order valence-electron chi connectivity index (χ1n) is 5.18. The second-order valence-corrected chi connectivity index (χ2v) is 6.23. The number of rotatable bonds is 5. The third kappa shape index (κ3) is 4.15. The Balaban J connectivity index is 3.13. The molecule has 0 aliphatic carbocycles. The zero-order valence-electron chi connectivity index (χ0n) is 10.3. The molecule has 1 aromatic rings. The highest BCUT2D eigenvalue weighted by atomic mass is 35.7. The van der Waals surface area contributed by atoms with Gasteiger partial charge in [-0.05, 0) is 24.6 Å². The fraction of sp³-hybridized carbons (Fsp3) is 0.364. The Hall–Kier alpha value is -1.18. The minimum absolute atomic E-state index is 0.0135. The van der Waals surface area contributed by atoms with Crippen LogP contribution in [0.5, 0.6) is 0 Å². The first-order chi connectivity index (χ1) is 8.77. The molecule has 8 heteroatoms. The number of halogens is 2. The van der Waals surface area contributed by atoms with Crippen LogP contribution in [0.4, 0.5) is 4.39 Å². The maximum absolute atomic E-state index is 13.8. The maximum Gasteiger partial charge on any atom is 0.341 e. The van der Waals surface area contributed by atoms with Crippen molar-refractivity contribution in [2.45, 2.75) is 11.8 Å². The minimum Gasteiger partial charge on any atom is -0.460 e. The van der Waals surface area contributed by atoms with Crippen LogP contribution in [0, 0.1) is 12.7 Å². The number of methoxy groups -OCH3 is 1. The molecule has 0 N–H and O–H groups in total. The van der Waals surface area contributed by atoms with Gasteiger partial charge in [-0.1, -0.05) is 0 Å². The molecular weight excluding hydrogens is 299 g/mol. The van der Waals surface area contributed by atoms with Gasteiger partial charge in [0, 0.05) is 17.8 Å². The molecule has 0 amide bonds. The van der Waals surface area contributed by atoms with E-state index in [0.29, 0.717) is 0 Å². The lowest BCUT2D eigenvalue weighted by Crippen LogP contribution is -2.13. The molecule has 0 aromatic heterocycles. The number of esters is 1. The maximum atomic E-state index is 13.8. The third-order valence-corrected chi connectivity index (χ3v) is 3.58. The molecule has 106 valence electrons. The van der Waals surface area contributed by atoms with Gasteiger partial charge in [0.25, 0.3) is 9.05 Å². The van der Waals surface area contributed by atoms with Crippen LogP contribution in [-0.4, -0.2) is 34.7 Å². The van der Waals surface area contributed by atoms with Crippen LogP contribution in [0.25, 0.3) is 0 Å². The van der Waals surface area contributed by atoms with Crippen LogP contribution < -0.4 is 0 Å². The Morgan fingerprint density at radius 2 is 2.00 bits per heavy atom. The molecule has 0 bridgehead atoms. The number of carbonyl (C=O) groups is 1. The number of hydrogen-bond donors (Lipinski definition) is 0. The van der Waals surface area contributed by atoms with E-state index in [9.17, 15) is 17.6 Å². The molecular formula is C11H12ClFO5S. The SMILES string of the molecule is COCCOC(=O)c1cc(S(=O)(=O)Cl)cc(C)c1F. The second-order valence-electron chi connectivity index (χ2n) is 3.67. The molecule has 0 radical (unpaired) electrons. The Bertz CT molecular complexity index is 585. The third-order valence-electron chi connectivity index (χ3n) is 2.25. The Kier molecular flexibility index (Phi) is 5.28. The molecule has 5 nitrogen and oxygen atoms in total. The molecule has 0 saturated carbocycles. The summed E-state index contributed by atoms with van der Waals surface area (Å²) in [5.41, 5.74) is -0.490. The molecule has 1 rings (SSSR count). The fourth-order valence-electron chi connectivity index (χ4n) is 1.32. The van der Waals surface area contributed by atoms with Crippen molar-refractivity contribution in [3.8, 4) is 0 Å². The normalized spacial score (nSPS) is 11.4. The highest BCUT2D eigenvalue weighted by Crippen LogP contribution is 2.22. The van der Waals surface area contributed by atoms with E-state index >= 15 is 0 Å². The molecule has 1 aromatic carbocycles.